The Kier molecular flexibility index (Phi) is 2.90. The molecule has 2 nitrogen and oxygen atoms in total. The fourth-order valence-corrected chi connectivity index (χ4v) is 4.70. The monoisotopic (exact) mass is 238 g/mol. The first-order chi connectivity index (χ1) is 7.72. The van der Waals surface area contributed by atoms with Gasteiger partial charge in [-0.2, -0.15) is 0 Å². The number of amidine groups is 1. The Labute approximate surface area is 103 Å². The van der Waals surface area contributed by atoms with Gasteiger partial charge < -0.3 is 5.32 Å². The highest BCUT2D eigenvalue weighted by molar-refractivity contribution is 8.14. The summed E-state index contributed by atoms with van der Waals surface area (Å²) in [6.07, 6.45) is 5.96. The molecule has 3 rings (SSSR count). The van der Waals surface area contributed by atoms with Gasteiger partial charge in [-0.25, -0.2) is 0 Å². The lowest BCUT2D eigenvalue weighted by atomic mass is 9.84. The van der Waals surface area contributed by atoms with E-state index >= 15 is 0 Å². The van der Waals surface area contributed by atoms with Gasteiger partial charge in [-0.15, -0.1) is 0 Å². The topological polar surface area (TPSA) is 24.4 Å². The lowest BCUT2D eigenvalue weighted by molar-refractivity contribution is 0.279. The van der Waals surface area contributed by atoms with Crippen molar-refractivity contribution in [3.8, 4) is 0 Å². The summed E-state index contributed by atoms with van der Waals surface area (Å²) in [7, 11) is 0. The number of hydrogen-bond acceptors (Lipinski definition) is 3. The van der Waals surface area contributed by atoms with E-state index < -0.39 is 0 Å². The van der Waals surface area contributed by atoms with E-state index in [1.807, 2.05) is 11.8 Å². The van der Waals surface area contributed by atoms with Crippen LogP contribution < -0.4 is 5.32 Å². The lowest BCUT2D eigenvalue weighted by Gasteiger charge is -2.29. The first kappa shape index (κ1) is 10.9. The molecule has 0 spiro atoms. The average Bonchev–Trinajstić information content (AvgIpc) is 2.93. The molecule has 0 amide bonds. The van der Waals surface area contributed by atoms with Gasteiger partial charge in [-0.3, -0.25) is 4.99 Å². The molecule has 0 aromatic carbocycles. The number of fused-ring (bicyclic) bond motifs is 2. The largest absolute Gasteiger partial charge is 0.362 e. The first-order valence-corrected chi connectivity index (χ1v) is 7.58. The fraction of sp³-hybridized carbons (Fsp3) is 0.923. The number of aliphatic imine (C=N–C) groups is 1. The van der Waals surface area contributed by atoms with Crippen LogP contribution in [0.3, 0.4) is 0 Å². The Morgan fingerprint density at radius 3 is 2.81 bits per heavy atom. The minimum Gasteiger partial charge on any atom is -0.362 e. The Hall–Kier alpha value is -0.180. The molecule has 3 aliphatic rings. The molecule has 5 atom stereocenters. The number of hydrogen-bond donors (Lipinski definition) is 1. The van der Waals surface area contributed by atoms with E-state index in [2.05, 4.69) is 24.2 Å². The minimum atomic E-state index is 0.631. The van der Waals surface area contributed by atoms with E-state index in [0.717, 1.165) is 24.3 Å². The maximum Gasteiger partial charge on any atom is 0.157 e. The molecule has 1 aliphatic heterocycles. The molecule has 0 radical (unpaired) electrons. The molecule has 0 saturated heterocycles. The number of nitrogens with zero attached hydrogens (tertiary/aromatic N) is 1. The van der Waals surface area contributed by atoms with Crippen LogP contribution in [0, 0.1) is 17.8 Å². The number of nitrogens with one attached hydrogen (secondary N) is 1. The van der Waals surface area contributed by atoms with Gasteiger partial charge in [0.2, 0.25) is 0 Å². The third kappa shape index (κ3) is 1.99. The summed E-state index contributed by atoms with van der Waals surface area (Å²) in [6, 6.07) is 0.631. The number of thioether (sulfide) groups is 1. The zero-order valence-electron chi connectivity index (χ0n) is 10.3. The first-order valence-electron chi connectivity index (χ1n) is 6.70. The molecule has 1 heterocycles. The predicted molar refractivity (Wildman–Crippen MR) is 70.9 cm³/mol. The summed E-state index contributed by atoms with van der Waals surface area (Å²) >= 11 is 1.91. The SMILES string of the molecule is CC1CN=C(NC(C)C2CC3CCC2C3)S1. The van der Waals surface area contributed by atoms with Crippen LogP contribution in [0.5, 0.6) is 0 Å². The van der Waals surface area contributed by atoms with Crippen molar-refractivity contribution in [1.29, 1.82) is 0 Å². The Bertz CT molecular complexity index is 302. The molecular weight excluding hydrogens is 216 g/mol. The van der Waals surface area contributed by atoms with Gasteiger partial charge in [0.15, 0.2) is 5.17 Å². The summed E-state index contributed by atoms with van der Waals surface area (Å²) in [6.45, 7) is 5.61. The highest BCUT2D eigenvalue weighted by Crippen LogP contribution is 2.49. The molecule has 0 aromatic rings. The van der Waals surface area contributed by atoms with Crippen LogP contribution in [0.2, 0.25) is 0 Å². The van der Waals surface area contributed by atoms with Crippen molar-refractivity contribution < 1.29 is 0 Å². The molecule has 5 unspecified atom stereocenters. The highest BCUT2D eigenvalue weighted by atomic mass is 32.2. The average molecular weight is 238 g/mol. The van der Waals surface area contributed by atoms with Crippen LogP contribution in [0.1, 0.15) is 39.5 Å². The molecule has 16 heavy (non-hydrogen) atoms. The molecule has 3 heteroatoms. The van der Waals surface area contributed by atoms with Gasteiger partial charge in [0, 0.05) is 11.3 Å². The van der Waals surface area contributed by atoms with Crippen LogP contribution in [0.25, 0.3) is 0 Å². The van der Waals surface area contributed by atoms with Gasteiger partial charge in [0.05, 0.1) is 6.54 Å². The van der Waals surface area contributed by atoms with Gasteiger partial charge >= 0.3 is 0 Å². The zero-order chi connectivity index (χ0) is 11.1. The summed E-state index contributed by atoms with van der Waals surface area (Å²) in [4.78, 5) is 4.56. The second kappa shape index (κ2) is 4.25. The van der Waals surface area contributed by atoms with E-state index in [9.17, 15) is 0 Å². The van der Waals surface area contributed by atoms with Crippen molar-refractivity contribution in [3.05, 3.63) is 0 Å². The second-order valence-electron chi connectivity index (χ2n) is 5.85. The Morgan fingerprint density at radius 2 is 2.25 bits per heavy atom. The maximum atomic E-state index is 4.56. The molecule has 2 saturated carbocycles. The summed E-state index contributed by atoms with van der Waals surface area (Å²) in [5.74, 6) is 2.98. The quantitative estimate of drug-likeness (QED) is 0.800. The van der Waals surface area contributed by atoms with Gasteiger partial charge in [0.1, 0.15) is 0 Å². The van der Waals surface area contributed by atoms with Crippen LogP contribution >= 0.6 is 11.8 Å². The van der Waals surface area contributed by atoms with Crippen molar-refractivity contribution >= 4 is 16.9 Å². The molecule has 1 N–H and O–H groups in total. The normalized spacial score (nSPS) is 43.5. The second-order valence-corrected chi connectivity index (χ2v) is 7.27. The summed E-state index contributed by atoms with van der Waals surface area (Å²) in [5.41, 5.74) is 0. The van der Waals surface area contributed by atoms with Crippen molar-refractivity contribution in [3.63, 3.8) is 0 Å². The zero-order valence-corrected chi connectivity index (χ0v) is 11.1. The third-order valence-corrected chi connectivity index (χ3v) is 5.61. The van der Waals surface area contributed by atoms with Crippen molar-refractivity contribution in [2.24, 2.45) is 22.7 Å². The molecule has 90 valence electrons. The maximum absolute atomic E-state index is 4.56. The smallest absolute Gasteiger partial charge is 0.157 e. The lowest BCUT2D eigenvalue weighted by Crippen LogP contribution is -2.38. The highest BCUT2D eigenvalue weighted by Gasteiger charge is 2.42. The van der Waals surface area contributed by atoms with Gasteiger partial charge in [-0.1, -0.05) is 25.1 Å². The Morgan fingerprint density at radius 1 is 1.38 bits per heavy atom. The molecule has 2 aliphatic carbocycles. The van der Waals surface area contributed by atoms with Crippen molar-refractivity contribution in [1.82, 2.24) is 5.32 Å². The molecule has 2 fully saturated rings. The van der Waals surface area contributed by atoms with Crippen LogP contribution in [0.15, 0.2) is 4.99 Å². The van der Waals surface area contributed by atoms with E-state index in [1.165, 1.54) is 30.9 Å². The van der Waals surface area contributed by atoms with E-state index in [0.29, 0.717) is 11.3 Å². The molecule has 0 aromatic heterocycles. The predicted octanol–water partition coefficient (Wildman–Crippen LogP) is 2.89. The fourth-order valence-electron chi connectivity index (χ4n) is 3.76. The van der Waals surface area contributed by atoms with Gasteiger partial charge in [-0.05, 0) is 43.9 Å². The molecular formula is C13H22N2S. The number of rotatable bonds is 2. The summed E-state index contributed by atoms with van der Waals surface area (Å²) in [5, 5.41) is 5.52. The van der Waals surface area contributed by atoms with Crippen LogP contribution in [0.4, 0.5) is 0 Å². The Balaban J connectivity index is 1.56. The van der Waals surface area contributed by atoms with E-state index in [-0.39, 0.29) is 0 Å². The summed E-state index contributed by atoms with van der Waals surface area (Å²) < 4.78 is 0. The van der Waals surface area contributed by atoms with Crippen LogP contribution in [-0.2, 0) is 0 Å². The standard InChI is InChI=1S/C13H22N2S/c1-8-7-14-13(16-8)15-9(2)12-6-10-3-4-11(12)5-10/h8-12H,3-7H2,1-2H3,(H,14,15). The van der Waals surface area contributed by atoms with E-state index in [4.69, 9.17) is 0 Å². The third-order valence-electron chi connectivity index (χ3n) is 4.59. The van der Waals surface area contributed by atoms with Crippen molar-refractivity contribution in [2.75, 3.05) is 6.54 Å². The molecule has 2 bridgehead atoms. The van der Waals surface area contributed by atoms with Gasteiger partial charge in [0.25, 0.3) is 0 Å². The van der Waals surface area contributed by atoms with Crippen molar-refractivity contribution in [2.45, 2.75) is 50.8 Å². The van der Waals surface area contributed by atoms with E-state index in [1.54, 1.807) is 0 Å². The van der Waals surface area contributed by atoms with Crippen LogP contribution in [-0.4, -0.2) is 23.0 Å². The minimum absolute atomic E-state index is 0.631.